The lowest BCUT2D eigenvalue weighted by atomic mass is 10.2. The number of ether oxygens (including phenoxy) is 1. The summed E-state index contributed by atoms with van der Waals surface area (Å²) in [6.45, 7) is -1.80. The SMILES string of the molecule is O=C(OCC(F)(F)S(=O)(=O)O)c1ccc(O)cc1. The molecule has 9 heteroatoms. The number of phenolic OH excluding ortho intramolecular Hbond substituents is 1. The van der Waals surface area contributed by atoms with Crippen LogP contribution < -0.4 is 0 Å². The molecule has 0 radical (unpaired) electrons. The lowest BCUT2D eigenvalue weighted by molar-refractivity contribution is -0.00950. The molecule has 0 aliphatic heterocycles. The van der Waals surface area contributed by atoms with E-state index in [1.165, 1.54) is 0 Å². The summed E-state index contributed by atoms with van der Waals surface area (Å²) < 4.78 is 58.1. The van der Waals surface area contributed by atoms with E-state index >= 15 is 0 Å². The third-order valence-corrected chi connectivity index (χ3v) is 2.72. The molecule has 0 aliphatic carbocycles. The average Bonchev–Trinajstić information content (AvgIpc) is 2.25. The quantitative estimate of drug-likeness (QED) is 0.632. The lowest BCUT2D eigenvalue weighted by Gasteiger charge is -2.12. The third kappa shape index (κ3) is 3.37. The first kappa shape index (κ1) is 14.3. The van der Waals surface area contributed by atoms with Crippen LogP contribution in [-0.4, -0.2) is 35.9 Å². The Balaban J connectivity index is 2.70. The zero-order valence-electron chi connectivity index (χ0n) is 8.71. The number of phenols is 1. The maximum absolute atomic E-state index is 12.7. The Bertz CT molecular complexity index is 537. The molecule has 18 heavy (non-hydrogen) atoms. The van der Waals surface area contributed by atoms with Crippen molar-refractivity contribution >= 4 is 16.1 Å². The molecule has 1 aromatic rings. The zero-order valence-corrected chi connectivity index (χ0v) is 9.52. The van der Waals surface area contributed by atoms with Crippen molar-refractivity contribution < 1.29 is 36.4 Å². The van der Waals surface area contributed by atoms with Crippen molar-refractivity contribution in [1.82, 2.24) is 0 Å². The van der Waals surface area contributed by atoms with Crippen LogP contribution in [0.15, 0.2) is 24.3 Å². The summed E-state index contributed by atoms with van der Waals surface area (Å²) in [5, 5.41) is 4.35. The highest BCUT2D eigenvalue weighted by atomic mass is 32.2. The number of aromatic hydroxyl groups is 1. The van der Waals surface area contributed by atoms with Gasteiger partial charge in [0.15, 0.2) is 6.61 Å². The predicted octanol–water partition coefficient (Wildman–Crippen LogP) is 1.03. The average molecular weight is 282 g/mol. The summed E-state index contributed by atoms with van der Waals surface area (Å²) in [5.41, 5.74) is -0.154. The van der Waals surface area contributed by atoms with E-state index in [1.807, 2.05) is 0 Å². The van der Waals surface area contributed by atoms with Crippen molar-refractivity contribution in [2.45, 2.75) is 5.25 Å². The van der Waals surface area contributed by atoms with E-state index in [-0.39, 0.29) is 11.3 Å². The maximum atomic E-state index is 12.7. The van der Waals surface area contributed by atoms with Gasteiger partial charge in [-0.15, -0.1) is 0 Å². The molecule has 0 aliphatic rings. The van der Waals surface area contributed by atoms with Crippen molar-refractivity contribution in [2.24, 2.45) is 0 Å². The van der Waals surface area contributed by atoms with E-state index in [1.54, 1.807) is 0 Å². The van der Waals surface area contributed by atoms with Gasteiger partial charge < -0.3 is 9.84 Å². The minimum atomic E-state index is -5.64. The fourth-order valence-electron chi connectivity index (χ4n) is 0.905. The maximum Gasteiger partial charge on any atom is 0.402 e. The van der Waals surface area contributed by atoms with Crippen LogP contribution in [0.2, 0.25) is 0 Å². The Morgan fingerprint density at radius 1 is 1.28 bits per heavy atom. The van der Waals surface area contributed by atoms with Crippen molar-refractivity contribution in [3.8, 4) is 5.75 Å². The standard InChI is InChI=1S/C9H8F2O6S/c10-9(11,18(14,15)16)5-17-8(13)6-1-3-7(12)4-2-6/h1-4,12H,5H2,(H,14,15,16). The minimum absolute atomic E-state index is 0.144. The number of rotatable bonds is 4. The number of carbonyl (C=O) groups excluding carboxylic acids is 1. The molecule has 0 spiro atoms. The van der Waals surface area contributed by atoms with Crippen LogP contribution in [0.1, 0.15) is 10.4 Å². The molecule has 0 saturated heterocycles. The minimum Gasteiger partial charge on any atom is -0.508 e. The van der Waals surface area contributed by atoms with Crippen molar-refractivity contribution in [3.63, 3.8) is 0 Å². The molecule has 0 unspecified atom stereocenters. The van der Waals surface area contributed by atoms with Gasteiger partial charge in [0.25, 0.3) is 0 Å². The van der Waals surface area contributed by atoms with E-state index in [4.69, 9.17) is 9.66 Å². The van der Waals surface area contributed by atoms with Crippen LogP contribution in [0, 0.1) is 0 Å². The van der Waals surface area contributed by atoms with Gasteiger partial charge in [0, 0.05) is 0 Å². The van der Waals surface area contributed by atoms with Gasteiger partial charge in [-0.1, -0.05) is 0 Å². The fourth-order valence-corrected chi connectivity index (χ4v) is 1.11. The van der Waals surface area contributed by atoms with Crippen molar-refractivity contribution in [3.05, 3.63) is 29.8 Å². The summed E-state index contributed by atoms with van der Waals surface area (Å²) >= 11 is 0. The lowest BCUT2D eigenvalue weighted by Crippen LogP contribution is -2.34. The largest absolute Gasteiger partial charge is 0.508 e. The van der Waals surface area contributed by atoms with Crippen LogP contribution >= 0.6 is 0 Å². The Kier molecular flexibility index (Phi) is 3.87. The molecule has 0 saturated carbocycles. The first-order valence-corrected chi connectivity index (χ1v) is 5.88. The summed E-state index contributed by atoms with van der Waals surface area (Å²) in [4.78, 5) is 11.2. The van der Waals surface area contributed by atoms with Gasteiger partial charge in [0.2, 0.25) is 0 Å². The Morgan fingerprint density at radius 3 is 2.22 bits per heavy atom. The second kappa shape index (κ2) is 4.86. The summed E-state index contributed by atoms with van der Waals surface area (Å²) in [7, 11) is -5.64. The van der Waals surface area contributed by atoms with Gasteiger partial charge in [0.05, 0.1) is 5.56 Å². The van der Waals surface area contributed by atoms with Gasteiger partial charge in [-0.25, -0.2) is 4.79 Å². The van der Waals surface area contributed by atoms with Gasteiger partial charge in [-0.2, -0.15) is 17.2 Å². The molecule has 0 aromatic heterocycles. The van der Waals surface area contributed by atoms with Gasteiger partial charge >= 0.3 is 21.3 Å². The fraction of sp³-hybridized carbons (Fsp3) is 0.222. The monoisotopic (exact) mass is 282 g/mol. The molecule has 0 heterocycles. The highest BCUT2D eigenvalue weighted by Crippen LogP contribution is 2.21. The second-order valence-electron chi connectivity index (χ2n) is 3.24. The number of alkyl halides is 2. The number of carbonyl (C=O) groups is 1. The highest BCUT2D eigenvalue weighted by molar-refractivity contribution is 7.86. The van der Waals surface area contributed by atoms with E-state index < -0.39 is 27.9 Å². The van der Waals surface area contributed by atoms with Gasteiger partial charge in [-0.05, 0) is 24.3 Å². The number of hydrogen-bond acceptors (Lipinski definition) is 5. The molecular weight excluding hydrogens is 274 g/mol. The van der Waals surface area contributed by atoms with Crippen molar-refractivity contribution in [2.75, 3.05) is 6.61 Å². The van der Waals surface area contributed by atoms with Crippen LogP contribution in [0.25, 0.3) is 0 Å². The van der Waals surface area contributed by atoms with Crippen LogP contribution in [0.3, 0.4) is 0 Å². The van der Waals surface area contributed by atoms with E-state index in [2.05, 4.69) is 4.74 Å². The molecule has 6 nitrogen and oxygen atoms in total. The van der Waals surface area contributed by atoms with E-state index in [0.29, 0.717) is 0 Å². The number of halogens is 2. The van der Waals surface area contributed by atoms with E-state index in [0.717, 1.165) is 24.3 Å². The topological polar surface area (TPSA) is 101 Å². The van der Waals surface area contributed by atoms with E-state index in [9.17, 15) is 22.0 Å². The van der Waals surface area contributed by atoms with Crippen LogP contribution in [0.4, 0.5) is 8.78 Å². The Labute approximate surface area is 101 Å². The molecule has 2 N–H and O–H groups in total. The highest BCUT2D eigenvalue weighted by Gasteiger charge is 2.45. The summed E-state index contributed by atoms with van der Waals surface area (Å²) in [5.74, 6) is -1.35. The predicted molar refractivity (Wildman–Crippen MR) is 54.9 cm³/mol. The summed E-state index contributed by atoms with van der Waals surface area (Å²) in [6, 6.07) is 4.45. The number of esters is 1. The third-order valence-electron chi connectivity index (χ3n) is 1.85. The number of benzene rings is 1. The molecule has 100 valence electrons. The zero-order chi connectivity index (χ0) is 14.0. The van der Waals surface area contributed by atoms with Crippen molar-refractivity contribution in [1.29, 1.82) is 0 Å². The molecule has 0 atom stereocenters. The van der Waals surface area contributed by atoms with Crippen LogP contribution in [-0.2, 0) is 14.9 Å². The van der Waals surface area contributed by atoms with Gasteiger partial charge in [-0.3, -0.25) is 4.55 Å². The van der Waals surface area contributed by atoms with Crippen LogP contribution in [0.5, 0.6) is 5.75 Å². The normalized spacial score (nSPS) is 12.2. The smallest absolute Gasteiger partial charge is 0.402 e. The molecule has 1 rings (SSSR count). The Hall–Kier alpha value is -1.74. The molecule has 0 amide bonds. The first-order valence-electron chi connectivity index (χ1n) is 4.44. The molecule has 0 bridgehead atoms. The molecular formula is C9H8F2O6S. The molecule has 0 fully saturated rings. The summed E-state index contributed by atoms with van der Waals surface area (Å²) in [6.07, 6.45) is 0. The number of hydrogen-bond donors (Lipinski definition) is 2. The molecule has 1 aromatic carbocycles. The van der Waals surface area contributed by atoms with Gasteiger partial charge in [0.1, 0.15) is 5.75 Å². The first-order chi connectivity index (χ1) is 8.13. The second-order valence-corrected chi connectivity index (χ2v) is 4.78. The Morgan fingerprint density at radius 2 is 1.78 bits per heavy atom.